The van der Waals surface area contributed by atoms with E-state index in [-0.39, 0.29) is 53.7 Å². The smallest absolute Gasteiger partial charge is 0.165 e. The lowest BCUT2D eigenvalue weighted by molar-refractivity contribution is 0.0118. The summed E-state index contributed by atoms with van der Waals surface area (Å²) in [6, 6.07) is 8.54. The molecular weight excluding hydrogens is 477 g/mol. The molecule has 0 bridgehead atoms. The first-order chi connectivity index (χ1) is 17.9. The van der Waals surface area contributed by atoms with E-state index in [0.717, 1.165) is 56.9 Å². The summed E-state index contributed by atoms with van der Waals surface area (Å²) in [6.45, 7) is 5.88. The lowest BCUT2D eigenvalue weighted by Crippen LogP contribution is -2.23. The molecule has 2 aliphatic carbocycles. The molecule has 2 fully saturated rings. The highest BCUT2D eigenvalue weighted by molar-refractivity contribution is 5.32. The number of hydrogen-bond donors (Lipinski definition) is 1. The Labute approximate surface area is 218 Å². The average molecular weight is 517 g/mol. The van der Waals surface area contributed by atoms with Gasteiger partial charge in [-0.1, -0.05) is 24.3 Å². The standard InChI is InChI=1S/C31H39F3O3/c1-3-4-17-36-29-16-12-24(18-28(29)32)22-9-13-26(14-10-22)37-19-25-11-15-27(31(34)30(25)33)23-7-5-21(6-8-23)20(2)35/h3,11-12,15-16,18,20-23,26,35H,1,4-10,13-14,17,19H2,2H3. The van der Waals surface area contributed by atoms with Gasteiger partial charge in [-0.2, -0.15) is 0 Å². The Kier molecular flexibility index (Phi) is 9.71. The van der Waals surface area contributed by atoms with Gasteiger partial charge in [0.25, 0.3) is 0 Å². The Morgan fingerprint density at radius 2 is 1.65 bits per heavy atom. The summed E-state index contributed by atoms with van der Waals surface area (Å²) in [5.74, 6) is -1.18. The van der Waals surface area contributed by atoms with Gasteiger partial charge in [0.1, 0.15) is 0 Å². The molecule has 0 heterocycles. The predicted octanol–water partition coefficient (Wildman–Crippen LogP) is 7.96. The number of ether oxygens (including phenoxy) is 2. The van der Waals surface area contributed by atoms with E-state index >= 15 is 0 Å². The van der Waals surface area contributed by atoms with Gasteiger partial charge in [-0.15, -0.1) is 6.58 Å². The predicted molar refractivity (Wildman–Crippen MR) is 139 cm³/mol. The minimum absolute atomic E-state index is 0.00708. The molecule has 37 heavy (non-hydrogen) atoms. The molecule has 4 rings (SSSR count). The number of aliphatic hydroxyl groups is 1. The largest absolute Gasteiger partial charge is 0.490 e. The van der Waals surface area contributed by atoms with Crippen molar-refractivity contribution in [1.29, 1.82) is 0 Å². The van der Waals surface area contributed by atoms with Gasteiger partial charge < -0.3 is 14.6 Å². The summed E-state index contributed by atoms with van der Waals surface area (Å²) in [5.41, 5.74) is 1.64. The second-order valence-electron chi connectivity index (χ2n) is 10.7. The van der Waals surface area contributed by atoms with Gasteiger partial charge in [0.15, 0.2) is 23.2 Å². The van der Waals surface area contributed by atoms with Crippen molar-refractivity contribution in [1.82, 2.24) is 0 Å². The molecule has 6 heteroatoms. The maximum Gasteiger partial charge on any atom is 0.165 e. The first kappa shape index (κ1) is 27.7. The molecule has 0 amide bonds. The maximum absolute atomic E-state index is 14.9. The van der Waals surface area contributed by atoms with Crippen LogP contribution in [0.5, 0.6) is 5.75 Å². The van der Waals surface area contributed by atoms with Crippen LogP contribution in [0.15, 0.2) is 43.0 Å². The van der Waals surface area contributed by atoms with Crippen LogP contribution in [-0.2, 0) is 11.3 Å². The SMILES string of the molecule is C=CCCOc1ccc(C2CCC(OCc3ccc(C4CCC(C(C)O)CC4)c(F)c3F)CC2)cc1F. The molecule has 2 aromatic carbocycles. The van der Waals surface area contributed by atoms with Crippen molar-refractivity contribution >= 4 is 0 Å². The Balaban J connectivity index is 1.27. The van der Waals surface area contributed by atoms with Crippen LogP contribution in [0, 0.1) is 23.4 Å². The number of aliphatic hydroxyl groups excluding tert-OH is 1. The second kappa shape index (κ2) is 13.0. The number of hydrogen-bond acceptors (Lipinski definition) is 3. The second-order valence-corrected chi connectivity index (χ2v) is 10.7. The van der Waals surface area contributed by atoms with E-state index in [9.17, 15) is 18.3 Å². The highest BCUT2D eigenvalue weighted by atomic mass is 19.2. The third-order valence-electron chi connectivity index (χ3n) is 8.24. The van der Waals surface area contributed by atoms with E-state index in [2.05, 4.69) is 6.58 Å². The summed E-state index contributed by atoms with van der Waals surface area (Å²) in [5, 5.41) is 9.79. The Morgan fingerprint density at radius 3 is 2.30 bits per heavy atom. The molecule has 1 N–H and O–H groups in total. The highest BCUT2D eigenvalue weighted by Gasteiger charge is 2.29. The van der Waals surface area contributed by atoms with E-state index in [0.29, 0.717) is 18.6 Å². The molecular formula is C31H39F3O3. The zero-order valence-electron chi connectivity index (χ0n) is 21.7. The fourth-order valence-electron chi connectivity index (χ4n) is 5.85. The molecule has 3 nitrogen and oxygen atoms in total. The van der Waals surface area contributed by atoms with Crippen LogP contribution in [0.25, 0.3) is 0 Å². The molecule has 0 radical (unpaired) electrons. The van der Waals surface area contributed by atoms with Gasteiger partial charge in [-0.25, -0.2) is 13.2 Å². The van der Waals surface area contributed by atoms with E-state index in [1.807, 2.05) is 6.07 Å². The van der Waals surface area contributed by atoms with Gasteiger partial charge in [-0.05, 0) is 106 Å². The molecule has 1 atom stereocenters. The van der Waals surface area contributed by atoms with Crippen molar-refractivity contribution in [3.63, 3.8) is 0 Å². The van der Waals surface area contributed by atoms with Crippen LogP contribution in [-0.4, -0.2) is 23.9 Å². The molecule has 2 aliphatic rings. The lowest BCUT2D eigenvalue weighted by atomic mass is 9.76. The van der Waals surface area contributed by atoms with E-state index in [1.54, 1.807) is 37.3 Å². The number of halogens is 3. The normalized spacial score (nSPS) is 25.0. The van der Waals surface area contributed by atoms with Gasteiger partial charge in [0.2, 0.25) is 0 Å². The van der Waals surface area contributed by atoms with Crippen molar-refractivity contribution in [2.75, 3.05) is 6.61 Å². The zero-order chi connectivity index (χ0) is 26.4. The fraction of sp³-hybridized carbons (Fsp3) is 0.548. The van der Waals surface area contributed by atoms with Crippen LogP contribution in [0.3, 0.4) is 0 Å². The third kappa shape index (κ3) is 6.97. The van der Waals surface area contributed by atoms with Gasteiger partial charge in [-0.3, -0.25) is 0 Å². The van der Waals surface area contributed by atoms with Gasteiger partial charge in [0.05, 0.1) is 25.4 Å². The molecule has 1 unspecified atom stereocenters. The molecule has 202 valence electrons. The van der Waals surface area contributed by atoms with Gasteiger partial charge >= 0.3 is 0 Å². The van der Waals surface area contributed by atoms with Crippen LogP contribution >= 0.6 is 0 Å². The summed E-state index contributed by atoms with van der Waals surface area (Å²) in [7, 11) is 0. The van der Waals surface area contributed by atoms with Crippen molar-refractivity contribution in [3.8, 4) is 5.75 Å². The van der Waals surface area contributed by atoms with Gasteiger partial charge in [0, 0.05) is 5.56 Å². The quantitative estimate of drug-likeness (QED) is 0.257. The Hall–Kier alpha value is -2.31. The minimum atomic E-state index is -0.810. The van der Waals surface area contributed by atoms with Crippen molar-refractivity contribution in [2.24, 2.45) is 5.92 Å². The first-order valence-corrected chi connectivity index (χ1v) is 13.7. The Bertz CT molecular complexity index is 1040. The van der Waals surface area contributed by atoms with Crippen LogP contribution < -0.4 is 4.74 Å². The monoisotopic (exact) mass is 516 g/mol. The van der Waals surface area contributed by atoms with Crippen LogP contribution in [0.2, 0.25) is 0 Å². The van der Waals surface area contributed by atoms with E-state index < -0.39 is 11.6 Å². The highest BCUT2D eigenvalue weighted by Crippen LogP contribution is 2.39. The Morgan fingerprint density at radius 1 is 0.946 bits per heavy atom. The maximum atomic E-state index is 14.9. The molecule has 0 aliphatic heterocycles. The molecule has 2 aromatic rings. The summed E-state index contributed by atoms with van der Waals surface area (Å²) in [6.07, 6.45) is 8.49. The summed E-state index contributed by atoms with van der Waals surface area (Å²) >= 11 is 0. The van der Waals surface area contributed by atoms with Crippen LogP contribution in [0.1, 0.15) is 93.2 Å². The molecule has 0 spiro atoms. The topological polar surface area (TPSA) is 38.7 Å². The van der Waals surface area contributed by atoms with Crippen LogP contribution in [0.4, 0.5) is 13.2 Å². The molecule has 0 aromatic heterocycles. The lowest BCUT2D eigenvalue weighted by Gasteiger charge is -2.31. The number of rotatable bonds is 10. The van der Waals surface area contributed by atoms with Crippen molar-refractivity contribution in [2.45, 2.75) is 95.4 Å². The third-order valence-corrected chi connectivity index (χ3v) is 8.24. The minimum Gasteiger partial charge on any atom is -0.490 e. The van der Waals surface area contributed by atoms with Crippen molar-refractivity contribution in [3.05, 3.63) is 77.1 Å². The molecule has 2 saturated carbocycles. The zero-order valence-corrected chi connectivity index (χ0v) is 21.7. The molecule has 0 saturated heterocycles. The van der Waals surface area contributed by atoms with E-state index in [1.165, 1.54) is 0 Å². The number of benzene rings is 2. The van der Waals surface area contributed by atoms with Crippen molar-refractivity contribution < 1.29 is 27.8 Å². The summed E-state index contributed by atoms with van der Waals surface area (Å²) in [4.78, 5) is 0. The first-order valence-electron chi connectivity index (χ1n) is 13.7. The summed E-state index contributed by atoms with van der Waals surface area (Å²) < 4.78 is 55.7. The fourth-order valence-corrected chi connectivity index (χ4v) is 5.85. The van der Waals surface area contributed by atoms with E-state index in [4.69, 9.17) is 9.47 Å². The average Bonchev–Trinajstić information content (AvgIpc) is 2.91.